The van der Waals surface area contributed by atoms with E-state index in [9.17, 15) is 4.79 Å². The van der Waals surface area contributed by atoms with Crippen molar-refractivity contribution in [3.63, 3.8) is 0 Å². The minimum Gasteiger partial charge on any atom is -0.370 e. The molecule has 1 rings (SSSR count). The summed E-state index contributed by atoms with van der Waals surface area (Å²) in [6, 6.07) is 0. The number of hydrogen-bond donors (Lipinski definition) is 2. The van der Waals surface area contributed by atoms with Gasteiger partial charge in [0, 0.05) is 13.0 Å². The van der Waals surface area contributed by atoms with Crippen LogP contribution < -0.4 is 11.1 Å². The van der Waals surface area contributed by atoms with Crippen molar-refractivity contribution < 1.29 is 4.79 Å². The Morgan fingerprint density at radius 3 is 2.64 bits per heavy atom. The minimum absolute atomic E-state index is 0.225. The maximum Gasteiger partial charge on any atom is 0.218 e. The summed E-state index contributed by atoms with van der Waals surface area (Å²) in [5, 5.41) is 3.21. The van der Waals surface area contributed by atoms with Gasteiger partial charge in [-0.25, -0.2) is 0 Å². The van der Waals surface area contributed by atoms with Crippen molar-refractivity contribution in [2.45, 2.75) is 25.7 Å². The number of carbonyl (C=O) groups is 1. The van der Waals surface area contributed by atoms with Crippen LogP contribution in [0.2, 0.25) is 0 Å². The van der Waals surface area contributed by atoms with E-state index in [4.69, 9.17) is 5.73 Å². The smallest absolute Gasteiger partial charge is 0.218 e. The van der Waals surface area contributed by atoms with Gasteiger partial charge in [-0.15, -0.1) is 0 Å². The average molecular weight is 199 g/mol. The summed E-state index contributed by atoms with van der Waals surface area (Å²) in [7, 11) is 0. The number of likely N-dealkylation sites (tertiary alicyclic amines) is 1. The Balaban J connectivity index is 1.82. The van der Waals surface area contributed by atoms with Crippen molar-refractivity contribution in [2.75, 3.05) is 32.7 Å². The molecule has 14 heavy (non-hydrogen) atoms. The normalized spacial score (nSPS) is 17.4. The Morgan fingerprint density at radius 2 is 2.00 bits per heavy atom. The van der Waals surface area contributed by atoms with Crippen molar-refractivity contribution in [2.24, 2.45) is 5.73 Å². The zero-order valence-electron chi connectivity index (χ0n) is 8.80. The van der Waals surface area contributed by atoms with E-state index >= 15 is 0 Å². The molecule has 82 valence electrons. The van der Waals surface area contributed by atoms with Crippen LogP contribution in [-0.4, -0.2) is 43.5 Å². The third kappa shape index (κ3) is 5.19. The van der Waals surface area contributed by atoms with Gasteiger partial charge in [-0.3, -0.25) is 4.79 Å². The van der Waals surface area contributed by atoms with Gasteiger partial charge < -0.3 is 16.0 Å². The van der Waals surface area contributed by atoms with E-state index in [2.05, 4.69) is 10.2 Å². The summed E-state index contributed by atoms with van der Waals surface area (Å²) >= 11 is 0. The predicted molar refractivity (Wildman–Crippen MR) is 57.0 cm³/mol. The van der Waals surface area contributed by atoms with E-state index in [0.29, 0.717) is 6.42 Å². The molecule has 1 aliphatic rings. The van der Waals surface area contributed by atoms with Crippen LogP contribution in [0, 0.1) is 0 Å². The quantitative estimate of drug-likeness (QED) is 0.565. The molecule has 0 aliphatic carbocycles. The molecule has 4 nitrogen and oxygen atoms in total. The van der Waals surface area contributed by atoms with Gasteiger partial charge in [0.1, 0.15) is 0 Å². The molecule has 0 spiro atoms. The fraction of sp³-hybridized carbons (Fsp3) is 0.900. The average Bonchev–Trinajstić information content (AvgIpc) is 2.63. The van der Waals surface area contributed by atoms with Gasteiger partial charge in [0.2, 0.25) is 5.91 Å². The lowest BCUT2D eigenvalue weighted by Gasteiger charge is -2.13. The van der Waals surface area contributed by atoms with E-state index in [-0.39, 0.29) is 5.91 Å². The second-order valence-electron chi connectivity index (χ2n) is 3.87. The van der Waals surface area contributed by atoms with E-state index in [0.717, 1.165) is 13.1 Å². The first-order chi connectivity index (χ1) is 6.79. The topological polar surface area (TPSA) is 58.4 Å². The molecule has 1 amide bonds. The fourth-order valence-electron chi connectivity index (χ4n) is 1.77. The highest BCUT2D eigenvalue weighted by Crippen LogP contribution is 2.06. The molecule has 1 aliphatic heterocycles. The third-order valence-corrected chi connectivity index (χ3v) is 2.57. The summed E-state index contributed by atoms with van der Waals surface area (Å²) in [6.07, 6.45) is 4.33. The largest absolute Gasteiger partial charge is 0.370 e. The summed E-state index contributed by atoms with van der Waals surface area (Å²) in [4.78, 5) is 12.9. The summed E-state index contributed by atoms with van der Waals surface area (Å²) < 4.78 is 0. The van der Waals surface area contributed by atoms with Crippen molar-refractivity contribution in [3.05, 3.63) is 0 Å². The summed E-state index contributed by atoms with van der Waals surface area (Å²) in [6.45, 7) is 5.42. The van der Waals surface area contributed by atoms with Gasteiger partial charge in [-0.2, -0.15) is 0 Å². The number of carbonyl (C=O) groups excluding carboxylic acids is 1. The number of nitrogens with one attached hydrogen (secondary N) is 1. The van der Waals surface area contributed by atoms with Gasteiger partial charge in [0.15, 0.2) is 0 Å². The van der Waals surface area contributed by atoms with Crippen molar-refractivity contribution >= 4 is 5.91 Å². The first-order valence-corrected chi connectivity index (χ1v) is 5.50. The second-order valence-corrected chi connectivity index (χ2v) is 3.87. The molecule has 1 heterocycles. The maximum atomic E-state index is 10.4. The van der Waals surface area contributed by atoms with Crippen molar-refractivity contribution in [1.29, 1.82) is 0 Å². The summed E-state index contributed by atoms with van der Waals surface area (Å²) in [5.74, 6) is -0.225. The van der Waals surface area contributed by atoms with Crippen LogP contribution in [0.5, 0.6) is 0 Å². The maximum absolute atomic E-state index is 10.4. The van der Waals surface area contributed by atoms with Crippen LogP contribution in [-0.2, 0) is 4.79 Å². The zero-order valence-corrected chi connectivity index (χ0v) is 8.80. The molecule has 0 aromatic heterocycles. The highest BCUT2D eigenvalue weighted by atomic mass is 16.1. The molecule has 0 bridgehead atoms. The van der Waals surface area contributed by atoms with Gasteiger partial charge in [0.05, 0.1) is 0 Å². The molecule has 1 saturated heterocycles. The van der Waals surface area contributed by atoms with Crippen LogP contribution in [0.1, 0.15) is 25.7 Å². The lowest BCUT2D eigenvalue weighted by Crippen LogP contribution is -2.27. The molecule has 0 aromatic rings. The number of primary amides is 1. The number of nitrogens with two attached hydrogens (primary N) is 1. The molecule has 3 N–H and O–H groups in total. The van der Waals surface area contributed by atoms with E-state index in [1.165, 1.54) is 38.9 Å². The van der Waals surface area contributed by atoms with Gasteiger partial charge >= 0.3 is 0 Å². The van der Waals surface area contributed by atoms with Crippen molar-refractivity contribution in [1.82, 2.24) is 10.2 Å². The second kappa shape index (κ2) is 6.79. The van der Waals surface area contributed by atoms with Crippen LogP contribution in [0.25, 0.3) is 0 Å². The molecule has 0 unspecified atom stereocenters. The summed E-state index contributed by atoms with van der Waals surface area (Å²) in [5.41, 5.74) is 5.02. The number of rotatable bonds is 7. The van der Waals surface area contributed by atoms with Crippen LogP contribution in [0.15, 0.2) is 0 Å². The fourth-order valence-corrected chi connectivity index (χ4v) is 1.77. The zero-order chi connectivity index (χ0) is 10.2. The monoisotopic (exact) mass is 199 g/mol. The lowest BCUT2D eigenvalue weighted by molar-refractivity contribution is -0.117. The van der Waals surface area contributed by atoms with Crippen LogP contribution in [0.3, 0.4) is 0 Å². The highest BCUT2D eigenvalue weighted by Gasteiger charge is 2.09. The first-order valence-electron chi connectivity index (χ1n) is 5.50. The molecular weight excluding hydrogens is 178 g/mol. The molecule has 0 atom stereocenters. The molecule has 0 saturated carbocycles. The number of hydrogen-bond acceptors (Lipinski definition) is 3. The molecule has 1 fully saturated rings. The Kier molecular flexibility index (Phi) is 5.56. The van der Waals surface area contributed by atoms with Gasteiger partial charge in [0.25, 0.3) is 0 Å². The predicted octanol–water partition coefficient (Wildman–Crippen LogP) is -0.0627. The van der Waals surface area contributed by atoms with E-state index in [1.54, 1.807) is 0 Å². The Bertz CT molecular complexity index is 167. The van der Waals surface area contributed by atoms with Gasteiger partial charge in [-0.1, -0.05) is 0 Å². The van der Waals surface area contributed by atoms with Gasteiger partial charge in [-0.05, 0) is 45.4 Å². The Morgan fingerprint density at radius 1 is 1.29 bits per heavy atom. The Labute approximate surface area is 85.8 Å². The lowest BCUT2D eigenvalue weighted by atomic mass is 10.3. The number of amides is 1. The molecular formula is C10H21N3O. The van der Waals surface area contributed by atoms with Crippen LogP contribution >= 0.6 is 0 Å². The standard InChI is InChI=1S/C10H21N3O/c11-10(14)4-6-12-5-3-9-13-7-1-2-8-13/h12H,1-9H2,(H2,11,14). The molecule has 4 heteroatoms. The minimum atomic E-state index is -0.225. The van der Waals surface area contributed by atoms with Crippen molar-refractivity contribution in [3.8, 4) is 0 Å². The van der Waals surface area contributed by atoms with E-state index < -0.39 is 0 Å². The van der Waals surface area contributed by atoms with Crippen LogP contribution in [0.4, 0.5) is 0 Å². The van der Waals surface area contributed by atoms with E-state index in [1.807, 2.05) is 0 Å². The molecule has 0 aromatic carbocycles. The molecule has 0 radical (unpaired) electrons. The first kappa shape index (κ1) is 11.5. The highest BCUT2D eigenvalue weighted by molar-refractivity contribution is 5.73. The SMILES string of the molecule is NC(=O)CCNCCCN1CCCC1. The third-order valence-electron chi connectivity index (χ3n) is 2.57. The Hall–Kier alpha value is -0.610. The number of nitrogens with zero attached hydrogens (tertiary/aromatic N) is 1.